The maximum atomic E-state index is 14.5. The summed E-state index contributed by atoms with van der Waals surface area (Å²) in [6, 6.07) is 4.19. The summed E-state index contributed by atoms with van der Waals surface area (Å²) >= 11 is 1.75. The van der Waals surface area contributed by atoms with Gasteiger partial charge in [0.05, 0.1) is 21.3 Å². The van der Waals surface area contributed by atoms with Crippen LogP contribution in [0, 0.1) is 5.82 Å². The fourth-order valence-electron chi connectivity index (χ4n) is 3.94. The van der Waals surface area contributed by atoms with Crippen LogP contribution in [0.5, 0.6) is 0 Å². The first-order chi connectivity index (χ1) is 12.9. The van der Waals surface area contributed by atoms with Crippen molar-refractivity contribution in [1.82, 2.24) is 10.3 Å². The molecular formula is C19H24FN3O2S2. The molecule has 0 amide bonds. The average molecular weight is 410 g/mol. The van der Waals surface area contributed by atoms with Crippen LogP contribution < -0.4 is 10.2 Å². The Morgan fingerprint density at radius 2 is 2.00 bits per heavy atom. The van der Waals surface area contributed by atoms with Crippen molar-refractivity contribution in [3.05, 3.63) is 40.1 Å². The highest BCUT2D eigenvalue weighted by Gasteiger charge is 2.29. The molecule has 8 heteroatoms. The molecule has 4 rings (SSSR count). The number of anilines is 1. The Bertz CT molecular complexity index is 923. The van der Waals surface area contributed by atoms with Gasteiger partial charge in [0, 0.05) is 36.6 Å². The zero-order chi connectivity index (χ0) is 19.0. The monoisotopic (exact) mass is 409 g/mol. The van der Waals surface area contributed by atoms with Crippen molar-refractivity contribution >= 4 is 26.9 Å². The van der Waals surface area contributed by atoms with Gasteiger partial charge in [0.25, 0.3) is 0 Å². The van der Waals surface area contributed by atoms with E-state index in [1.54, 1.807) is 17.4 Å². The van der Waals surface area contributed by atoms with Crippen molar-refractivity contribution in [1.29, 1.82) is 0 Å². The smallest absolute Gasteiger partial charge is 0.175 e. The molecule has 0 bridgehead atoms. The number of hydrogen-bond acceptors (Lipinski definition) is 6. The van der Waals surface area contributed by atoms with Crippen LogP contribution in [0.25, 0.3) is 0 Å². The number of piperidine rings is 1. The Hall–Kier alpha value is -1.51. The number of sulfone groups is 1. The number of thiazole rings is 1. The van der Waals surface area contributed by atoms with Crippen LogP contribution in [0.15, 0.2) is 28.5 Å². The Balaban J connectivity index is 1.47. The van der Waals surface area contributed by atoms with Crippen LogP contribution in [0.2, 0.25) is 0 Å². The lowest BCUT2D eigenvalue weighted by molar-refractivity contribution is 0.458. The summed E-state index contributed by atoms with van der Waals surface area (Å²) in [4.78, 5) is 6.92. The topological polar surface area (TPSA) is 62.3 Å². The molecule has 146 valence electrons. The number of nitrogens with one attached hydrogen (secondary N) is 1. The van der Waals surface area contributed by atoms with Gasteiger partial charge in [0.2, 0.25) is 0 Å². The van der Waals surface area contributed by atoms with Crippen LogP contribution in [0.4, 0.5) is 10.1 Å². The predicted octanol–water partition coefficient (Wildman–Crippen LogP) is 3.15. The van der Waals surface area contributed by atoms with E-state index >= 15 is 0 Å². The molecule has 0 aliphatic carbocycles. The fourth-order valence-corrected chi connectivity index (χ4v) is 5.65. The molecule has 1 aromatic heterocycles. The Morgan fingerprint density at radius 1 is 1.22 bits per heavy atom. The lowest BCUT2D eigenvalue weighted by Gasteiger charge is -2.20. The molecule has 2 saturated heterocycles. The molecule has 1 atom stereocenters. The first-order valence-corrected chi connectivity index (χ1v) is 12.1. The van der Waals surface area contributed by atoms with Crippen LogP contribution in [-0.2, 0) is 9.84 Å². The molecule has 0 saturated carbocycles. The standard InChI is InChI=1S/C19H24FN3O2S2/c1-27(24,25)15-2-3-18(16(20)10-15)23-9-6-14(11-23)17-12-26-19(22-17)13-4-7-21-8-5-13/h2-3,10,12-14,21H,4-9,11H2,1H3/t14-/m0/s1. The van der Waals surface area contributed by atoms with Gasteiger partial charge in [-0.1, -0.05) is 0 Å². The first kappa shape index (κ1) is 18.8. The van der Waals surface area contributed by atoms with Gasteiger partial charge in [-0.2, -0.15) is 0 Å². The molecule has 2 fully saturated rings. The molecule has 1 N–H and O–H groups in total. The third-order valence-electron chi connectivity index (χ3n) is 5.52. The molecule has 27 heavy (non-hydrogen) atoms. The van der Waals surface area contributed by atoms with E-state index < -0.39 is 15.7 Å². The number of halogens is 1. The largest absolute Gasteiger partial charge is 0.368 e. The fraction of sp³-hybridized carbons (Fsp3) is 0.526. The van der Waals surface area contributed by atoms with Crippen molar-refractivity contribution in [3.63, 3.8) is 0 Å². The summed E-state index contributed by atoms with van der Waals surface area (Å²) < 4.78 is 37.7. The summed E-state index contributed by atoms with van der Waals surface area (Å²) in [5.74, 6) is 0.376. The Morgan fingerprint density at radius 3 is 2.70 bits per heavy atom. The zero-order valence-corrected chi connectivity index (χ0v) is 17.0. The van der Waals surface area contributed by atoms with Gasteiger partial charge in [-0.15, -0.1) is 11.3 Å². The summed E-state index contributed by atoms with van der Waals surface area (Å²) in [6.45, 7) is 3.57. The number of aromatic nitrogens is 1. The maximum Gasteiger partial charge on any atom is 0.175 e. The highest BCUT2D eigenvalue weighted by Crippen LogP contribution is 2.35. The molecule has 5 nitrogen and oxygen atoms in total. The van der Waals surface area contributed by atoms with Gasteiger partial charge in [-0.05, 0) is 50.6 Å². The second-order valence-corrected chi connectivity index (χ2v) is 10.4. The van der Waals surface area contributed by atoms with Crippen molar-refractivity contribution in [2.75, 3.05) is 37.3 Å². The van der Waals surface area contributed by atoms with Crippen molar-refractivity contribution < 1.29 is 12.8 Å². The third-order valence-corrected chi connectivity index (χ3v) is 7.66. The Labute approximate surface area is 163 Å². The van der Waals surface area contributed by atoms with Crippen LogP contribution in [0.3, 0.4) is 0 Å². The van der Waals surface area contributed by atoms with E-state index in [0.717, 1.165) is 56.9 Å². The van der Waals surface area contributed by atoms with E-state index in [0.29, 0.717) is 24.1 Å². The van der Waals surface area contributed by atoms with E-state index in [9.17, 15) is 12.8 Å². The zero-order valence-electron chi connectivity index (χ0n) is 15.3. The van der Waals surface area contributed by atoms with Crippen molar-refractivity contribution in [2.24, 2.45) is 0 Å². The minimum atomic E-state index is -3.40. The quantitative estimate of drug-likeness (QED) is 0.841. The van der Waals surface area contributed by atoms with E-state index in [4.69, 9.17) is 4.98 Å². The number of hydrogen-bond donors (Lipinski definition) is 1. The summed E-state index contributed by atoms with van der Waals surface area (Å²) in [5.41, 5.74) is 1.59. The summed E-state index contributed by atoms with van der Waals surface area (Å²) in [7, 11) is -3.40. The second kappa shape index (κ2) is 7.48. The van der Waals surface area contributed by atoms with Gasteiger partial charge in [-0.3, -0.25) is 0 Å². The molecule has 0 unspecified atom stereocenters. The van der Waals surface area contributed by atoms with E-state index in [2.05, 4.69) is 10.7 Å². The highest BCUT2D eigenvalue weighted by molar-refractivity contribution is 7.90. The molecular weight excluding hydrogens is 385 g/mol. The molecule has 2 aromatic rings. The van der Waals surface area contributed by atoms with Gasteiger partial charge in [0.1, 0.15) is 5.82 Å². The number of rotatable bonds is 4. The van der Waals surface area contributed by atoms with Crippen LogP contribution >= 0.6 is 11.3 Å². The van der Waals surface area contributed by atoms with Gasteiger partial charge in [-0.25, -0.2) is 17.8 Å². The van der Waals surface area contributed by atoms with Crippen molar-refractivity contribution in [2.45, 2.75) is 36.0 Å². The minimum Gasteiger partial charge on any atom is -0.368 e. The van der Waals surface area contributed by atoms with E-state index in [-0.39, 0.29) is 4.90 Å². The lowest BCUT2D eigenvalue weighted by atomic mass is 9.99. The van der Waals surface area contributed by atoms with Gasteiger partial charge >= 0.3 is 0 Å². The van der Waals surface area contributed by atoms with Crippen LogP contribution in [-0.4, -0.2) is 45.8 Å². The summed E-state index contributed by atoms with van der Waals surface area (Å²) in [6.07, 6.45) is 4.31. The SMILES string of the molecule is CS(=O)(=O)c1ccc(N2CC[C@H](c3csc(C4CCNCC4)n3)C2)c(F)c1. The van der Waals surface area contributed by atoms with E-state index in [1.165, 1.54) is 11.1 Å². The van der Waals surface area contributed by atoms with E-state index in [1.807, 2.05) is 4.90 Å². The molecule has 0 spiro atoms. The molecule has 1 aromatic carbocycles. The summed E-state index contributed by atoms with van der Waals surface area (Å²) in [5, 5.41) is 6.78. The lowest BCUT2D eigenvalue weighted by Crippen LogP contribution is -2.26. The second-order valence-electron chi connectivity index (χ2n) is 7.45. The Kier molecular flexibility index (Phi) is 5.22. The molecule has 2 aliphatic rings. The maximum absolute atomic E-state index is 14.5. The molecule has 2 aliphatic heterocycles. The normalized spacial score (nSPS) is 21.7. The van der Waals surface area contributed by atoms with Gasteiger partial charge < -0.3 is 10.2 Å². The number of benzene rings is 1. The average Bonchev–Trinajstić information content (AvgIpc) is 3.31. The highest BCUT2D eigenvalue weighted by atomic mass is 32.2. The minimum absolute atomic E-state index is 0.0191. The molecule has 3 heterocycles. The third kappa shape index (κ3) is 4.02. The number of nitrogens with zero attached hydrogens (tertiary/aromatic N) is 2. The molecule has 0 radical (unpaired) electrons. The first-order valence-electron chi connectivity index (χ1n) is 9.32. The van der Waals surface area contributed by atoms with Crippen LogP contribution in [0.1, 0.15) is 41.8 Å². The predicted molar refractivity (Wildman–Crippen MR) is 106 cm³/mol. The van der Waals surface area contributed by atoms with Crippen molar-refractivity contribution in [3.8, 4) is 0 Å². The van der Waals surface area contributed by atoms with Gasteiger partial charge in [0.15, 0.2) is 9.84 Å².